The van der Waals surface area contributed by atoms with Crippen molar-refractivity contribution in [3.8, 4) is 11.5 Å². The molecule has 2 N–H and O–H groups in total. The van der Waals surface area contributed by atoms with E-state index in [2.05, 4.69) is 0 Å². The second-order valence-corrected chi connectivity index (χ2v) is 5.44. The predicted octanol–water partition coefficient (Wildman–Crippen LogP) is 3.23. The molecule has 100 valence electrons. The highest BCUT2D eigenvalue weighted by Gasteiger charge is 2.18. The van der Waals surface area contributed by atoms with Crippen LogP contribution in [0, 0.1) is 0 Å². The summed E-state index contributed by atoms with van der Waals surface area (Å²) in [6.07, 6.45) is 0. The summed E-state index contributed by atoms with van der Waals surface area (Å²) in [6.45, 7) is 0. The van der Waals surface area contributed by atoms with Crippen LogP contribution in [0.4, 0.5) is 5.69 Å². The molecule has 0 saturated carbocycles. The van der Waals surface area contributed by atoms with Gasteiger partial charge in [-0.1, -0.05) is 11.6 Å². The Balaban J connectivity index is 2.52. The number of thiophene rings is 1. The molecule has 0 aliphatic rings. The number of hydrogen-bond acceptors (Lipinski definition) is 5. The third kappa shape index (κ3) is 2.67. The molecule has 0 bridgehead atoms. The summed E-state index contributed by atoms with van der Waals surface area (Å²) in [5.41, 5.74) is 6.56. The molecule has 0 spiro atoms. The number of nitrogen functional groups attached to an aromatic ring is 1. The van der Waals surface area contributed by atoms with Crippen molar-refractivity contribution >= 4 is 34.4 Å². The number of halogens is 1. The highest BCUT2D eigenvalue weighted by molar-refractivity contribution is 7.18. The monoisotopic (exact) mass is 297 g/mol. The zero-order chi connectivity index (χ0) is 14.0. The largest absolute Gasteiger partial charge is 0.497 e. The fourth-order valence-electron chi connectivity index (χ4n) is 1.65. The molecule has 0 aliphatic heterocycles. The Bertz CT molecular complexity index is 624. The molecule has 2 rings (SSSR count). The van der Waals surface area contributed by atoms with Gasteiger partial charge in [0.05, 0.1) is 34.7 Å². The average Bonchev–Trinajstić information content (AvgIpc) is 2.85. The van der Waals surface area contributed by atoms with Crippen LogP contribution in [0.5, 0.6) is 11.5 Å². The van der Waals surface area contributed by atoms with Gasteiger partial charge >= 0.3 is 0 Å². The number of ether oxygens (including phenoxy) is 2. The molecule has 1 aromatic carbocycles. The summed E-state index contributed by atoms with van der Waals surface area (Å²) >= 11 is 7.04. The topological polar surface area (TPSA) is 61.6 Å². The Morgan fingerprint density at radius 3 is 2.53 bits per heavy atom. The maximum absolute atomic E-state index is 12.4. The summed E-state index contributed by atoms with van der Waals surface area (Å²) in [5, 5.41) is 0. The van der Waals surface area contributed by atoms with Crippen molar-refractivity contribution in [3.63, 3.8) is 0 Å². The quantitative estimate of drug-likeness (QED) is 0.695. The first kappa shape index (κ1) is 13.7. The second-order valence-electron chi connectivity index (χ2n) is 3.72. The molecule has 0 unspecified atom stereocenters. The van der Waals surface area contributed by atoms with Gasteiger partial charge in [0.25, 0.3) is 0 Å². The van der Waals surface area contributed by atoms with Gasteiger partial charge in [-0.05, 0) is 18.2 Å². The molecule has 0 fully saturated rings. The highest BCUT2D eigenvalue weighted by atomic mass is 35.5. The minimum Gasteiger partial charge on any atom is -0.497 e. The normalized spacial score (nSPS) is 10.3. The molecule has 0 aliphatic carbocycles. The van der Waals surface area contributed by atoms with Gasteiger partial charge in [0.15, 0.2) is 0 Å². The highest BCUT2D eigenvalue weighted by Crippen LogP contribution is 2.34. The summed E-state index contributed by atoms with van der Waals surface area (Å²) in [7, 11) is 3.00. The third-order valence-electron chi connectivity index (χ3n) is 2.61. The molecule has 2 aromatic rings. The summed E-state index contributed by atoms with van der Waals surface area (Å²) in [6, 6.07) is 6.56. The third-order valence-corrected chi connectivity index (χ3v) is 3.84. The number of carbonyl (C=O) groups excluding carboxylic acids is 1. The number of carbonyl (C=O) groups is 1. The number of ketones is 1. The molecule has 1 heterocycles. The van der Waals surface area contributed by atoms with E-state index in [0.29, 0.717) is 26.3 Å². The minimum atomic E-state index is -0.202. The maximum Gasteiger partial charge on any atom is 0.205 e. The molecular weight excluding hydrogens is 286 g/mol. The van der Waals surface area contributed by atoms with Gasteiger partial charge in [0.2, 0.25) is 5.78 Å². The molecule has 0 saturated heterocycles. The molecule has 0 atom stereocenters. The smallest absolute Gasteiger partial charge is 0.205 e. The van der Waals surface area contributed by atoms with Crippen molar-refractivity contribution in [2.45, 2.75) is 0 Å². The Kier molecular flexibility index (Phi) is 3.97. The van der Waals surface area contributed by atoms with Gasteiger partial charge in [-0.15, -0.1) is 11.3 Å². The van der Waals surface area contributed by atoms with Crippen LogP contribution in [0.1, 0.15) is 15.2 Å². The molecule has 0 radical (unpaired) electrons. The van der Waals surface area contributed by atoms with E-state index in [1.807, 2.05) is 0 Å². The van der Waals surface area contributed by atoms with Crippen LogP contribution in [0.15, 0.2) is 24.3 Å². The maximum atomic E-state index is 12.4. The summed E-state index contributed by atoms with van der Waals surface area (Å²) < 4.78 is 10.8. The fourth-order valence-corrected chi connectivity index (χ4v) is 2.64. The lowest BCUT2D eigenvalue weighted by molar-refractivity contribution is 0.104. The fraction of sp³-hybridized carbons (Fsp3) is 0.154. The van der Waals surface area contributed by atoms with Crippen molar-refractivity contribution in [1.82, 2.24) is 0 Å². The Labute approximate surface area is 119 Å². The van der Waals surface area contributed by atoms with Crippen molar-refractivity contribution in [2.75, 3.05) is 20.0 Å². The van der Waals surface area contributed by atoms with Crippen molar-refractivity contribution in [1.29, 1.82) is 0 Å². The minimum absolute atomic E-state index is 0.202. The van der Waals surface area contributed by atoms with E-state index in [0.717, 1.165) is 0 Å². The first-order valence-electron chi connectivity index (χ1n) is 5.38. The van der Waals surface area contributed by atoms with Gasteiger partial charge in [-0.3, -0.25) is 4.79 Å². The van der Waals surface area contributed by atoms with E-state index >= 15 is 0 Å². The molecule has 4 nitrogen and oxygen atoms in total. The van der Waals surface area contributed by atoms with Crippen LogP contribution in [0.3, 0.4) is 0 Å². The second kappa shape index (κ2) is 5.50. The van der Waals surface area contributed by atoms with Crippen LogP contribution in [-0.2, 0) is 0 Å². The van der Waals surface area contributed by atoms with Gasteiger partial charge in [0, 0.05) is 6.07 Å². The van der Waals surface area contributed by atoms with Crippen molar-refractivity contribution < 1.29 is 14.3 Å². The lowest BCUT2D eigenvalue weighted by Crippen LogP contribution is -2.06. The summed E-state index contributed by atoms with van der Waals surface area (Å²) in [4.78, 5) is 12.9. The van der Waals surface area contributed by atoms with Crippen LogP contribution in [0.25, 0.3) is 0 Å². The number of benzene rings is 1. The lowest BCUT2D eigenvalue weighted by atomic mass is 10.1. The zero-order valence-corrected chi connectivity index (χ0v) is 12.0. The zero-order valence-electron chi connectivity index (χ0n) is 10.4. The Morgan fingerprint density at radius 2 is 2.00 bits per heavy atom. The van der Waals surface area contributed by atoms with Gasteiger partial charge < -0.3 is 15.2 Å². The predicted molar refractivity (Wildman–Crippen MR) is 76.7 cm³/mol. The first-order chi connectivity index (χ1) is 9.06. The van der Waals surface area contributed by atoms with Crippen LogP contribution in [-0.4, -0.2) is 20.0 Å². The number of nitrogens with two attached hydrogens (primary N) is 1. The summed E-state index contributed by atoms with van der Waals surface area (Å²) in [5.74, 6) is 0.717. The number of anilines is 1. The Hall–Kier alpha value is -1.72. The van der Waals surface area contributed by atoms with Crippen molar-refractivity contribution in [2.24, 2.45) is 0 Å². The number of methoxy groups -OCH3 is 2. The van der Waals surface area contributed by atoms with E-state index in [-0.39, 0.29) is 11.5 Å². The molecule has 19 heavy (non-hydrogen) atoms. The first-order valence-corrected chi connectivity index (χ1v) is 6.57. The number of rotatable bonds is 4. The number of hydrogen-bond donors (Lipinski definition) is 1. The average molecular weight is 298 g/mol. The molecule has 0 amide bonds. The van der Waals surface area contributed by atoms with E-state index < -0.39 is 0 Å². The van der Waals surface area contributed by atoms with Crippen LogP contribution in [0.2, 0.25) is 4.34 Å². The van der Waals surface area contributed by atoms with Crippen LogP contribution < -0.4 is 15.2 Å². The van der Waals surface area contributed by atoms with E-state index in [1.54, 1.807) is 24.3 Å². The molecular formula is C13H12ClNO3S. The standard InChI is InChI=1S/C13H12ClNO3S/c1-17-7-5-8(12(15)9(6-7)18-2)13(16)10-3-4-11(14)19-10/h3-6H,15H2,1-2H3. The Morgan fingerprint density at radius 1 is 1.26 bits per heavy atom. The van der Waals surface area contributed by atoms with Gasteiger partial charge in [-0.25, -0.2) is 0 Å². The molecule has 6 heteroatoms. The van der Waals surface area contributed by atoms with Gasteiger partial charge in [0.1, 0.15) is 11.5 Å². The molecule has 1 aromatic heterocycles. The van der Waals surface area contributed by atoms with Crippen LogP contribution >= 0.6 is 22.9 Å². The lowest BCUT2D eigenvalue weighted by Gasteiger charge is -2.11. The van der Waals surface area contributed by atoms with E-state index in [9.17, 15) is 4.79 Å². The van der Waals surface area contributed by atoms with Gasteiger partial charge in [-0.2, -0.15) is 0 Å². The van der Waals surface area contributed by atoms with Crippen molar-refractivity contribution in [3.05, 3.63) is 39.0 Å². The van der Waals surface area contributed by atoms with E-state index in [1.165, 1.54) is 25.6 Å². The van der Waals surface area contributed by atoms with E-state index in [4.69, 9.17) is 26.8 Å². The SMILES string of the molecule is COc1cc(OC)c(N)c(C(=O)c2ccc(Cl)s2)c1.